The van der Waals surface area contributed by atoms with Gasteiger partial charge in [0.1, 0.15) is 0 Å². The molecule has 0 spiro atoms. The molecule has 162 valence electrons. The second kappa shape index (κ2) is 7.90. The Bertz CT molecular complexity index is 540. The molecule has 0 radical (unpaired) electrons. The van der Waals surface area contributed by atoms with E-state index in [9.17, 15) is 0 Å². The van der Waals surface area contributed by atoms with Crippen molar-refractivity contribution < 1.29 is 0 Å². The van der Waals surface area contributed by atoms with Crippen LogP contribution in [-0.4, -0.2) is 6.04 Å². The Labute approximate surface area is 176 Å². The van der Waals surface area contributed by atoms with Crippen molar-refractivity contribution in [2.24, 2.45) is 58.0 Å². The van der Waals surface area contributed by atoms with E-state index < -0.39 is 0 Å². The molecule has 0 bridgehead atoms. The molecule has 0 heterocycles. The molecule has 1 heteroatoms. The van der Waals surface area contributed by atoms with Gasteiger partial charge in [-0.25, -0.2) is 0 Å². The van der Waals surface area contributed by atoms with Crippen LogP contribution in [0.15, 0.2) is 0 Å². The third-order valence-electron chi connectivity index (χ3n) is 10.9. The molecule has 0 aromatic rings. The van der Waals surface area contributed by atoms with E-state index in [4.69, 9.17) is 5.73 Å². The van der Waals surface area contributed by atoms with Crippen LogP contribution in [0, 0.1) is 52.3 Å². The summed E-state index contributed by atoms with van der Waals surface area (Å²) in [6.45, 7) is 12.8. The van der Waals surface area contributed by atoms with Gasteiger partial charge in [0.15, 0.2) is 0 Å². The molecule has 4 aliphatic carbocycles. The number of rotatable bonds is 5. The average molecular weight is 388 g/mol. The lowest BCUT2D eigenvalue weighted by molar-refractivity contribution is -0.116. The Balaban J connectivity index is 1.46. The van der Waals surface area contributed by atoms with E-state index in [0.29, 0.717) is 16.9 Å². The molecule has 1 nitrogen and oxygen atoms in total. The molecular formula is C27H49N. The minimum Gasteiger partial charge on any atom is -0.328 e. The second-order valence-electron chi connectivity index (χ2n) is 12.7. The fourth-order valence-electron chi connectivity index (χ4n) is 9.32. The van der Waals surface area contributed by atoms with Crippen molar-refractivity contribution in [3.05, 3.63) is 0 Å². The maximum absolute atomic E-state index is 6.39. The summed E-state index contributed by atoms with van der Waals surface area (Å²) in [5, 5.41) is 0. The third-order valence-corrected chi connectivity index (χ3v) is 10.9. The second-order valence-corrected chi connectivity index (χ2v) is 12.7. The van der Waals surface area contributed by atoms with E-state index in [1.165, 1.54) is 77.0 Å². The van der Waals surface area contributed by atoms with Crippen molar-refractivity contribution >= 4 is 0 Å². The van der Waals surface area contributed by atoms with Gasteiger partial charge in [0.2, 0.25) is 0 Å². The highest BCUT2D eigenvalue weighted by Gasteiger charge is 2.60. The zero-order valence-corrected chi connectivity index (χ0v) is 19.7. The van der Waals surface area contributed by atoms with Crippen LogP contribution in [0.3, 0.4) is 0 Å². The van der Waals surface area contributed by atoms with E-state index in [1.807, 2.05) is 0 Å². The normalized spacial score (nSPS) is 49.4. The first-order valence-corrected chi connectivity index (χ1v) is 13.0. The smallest absolute Gasteiger partial charge is 0.00418 e. The van der Waals surface area contributed by atoms with Gasteiger partial charge in [0.05, 0.1) is 0 Å². The van der Waals surface area contributed by atoms with E-state index >= 15 is 0 Å². The van der Waals surface area contributed by atoms with Crippen LogP contribution >= 0.6 is 0 Å². The highest BCUT2D eigenvalue weighted by Crippen LogP contribution is 2.68. The Morgan fingerprint density at radius 1 is 0.821 bits per heavy atom. The van der Waals surface area contributed by atoms with Crippen molar-refractivity contribution in [2.45, 2.75) is 118 Å². The fourth-order valence-corrected chi connectivity index (χ4v) is 9.32. The van der Waals surface area contributed by atoms with Crippen LogP contribution in [0.25, 0.3) is 0 Å². The molecule has 28 heavy (non-hydrogen) atoms. The highest BCUT2D eigenvalue weighted by atomic mass is 14.7. The summed E-state index contributed by atoms with van der Waals surface area (Å²) in [6, 6.07) is 0.492. The van der Waals surface area contributed by atoms with Gasteiger partial charge in [0, 0.05) is 6.04 Å². The van der Waals surface area contributed by atoms with E-state index in [-0.39, 0.29) is 0 Å². The van der Waals surface area contributed by atoms with Crippen LogP contribution in [0.2, 0.25) is 0 Å². The monoisotopic (exact) mass is 387 g/mol. The Morgan fingerprint density at radius 3 is 2.29 bits per heavy atom. The quantitative estimate of drug-likeness (QED) is 0.521. The summed E-state index contributed by atoms with van der Waals surface area (Å²) >= 11 is 0. The first-order valence-electron chi connectivity index (χ1n) is 13.0. The Hall–Kier alpha value is -0.0400. The molecule has 0 aromatic heterocycles. The summed E-state index contributed by atoms with van der Waals surface area (Å²) in [5.41, 5.74) is 7.64. The van der Waals surface area contributed by atoms with Gasteiger partial charge in [0.25, 0.3) is 0 Å². The van der Waals surface area contributed by atoms with E-state index in [2.05, 4.69) is 34.6 Å². The fraction of sp³-hybridized carbons (Fsp3) is 1.00. The third kappa shape index (κ3) is 3.50. The van der Waals surface area contributed by atoms with Gasteiger partial charge < -0.3 is 5.73 Å². The van der Waals surface area contributed by atoms with Crippen molar-refractivity contribution in [1.29, 1.82) is 0 Å². The summed E-state index contributed by atoms with van der Waals surface area (Å²) in [5.74, 6) is 6.79. The summed E-state index contributed by atoms with van der Waals surface area (Å²) in [4.78, 5) is 0. The largest absolute Gasteiger partial charge is 0.328 e. The van der Waals surface area contributed by atoms with Gasteiger partial charge in [-0.1, -0.05) is 53.9 Å². The molecule has 9 atom stereocenters. The van der Waals surface area contributed by atoms with Crippen LogP contribution in [0.1, 0.15) is 112 Å². The average Bonchev–Trinajstić information content (AvgIpc) is 2.99. The molecule has 4 unspecified atom stereocenters. The van der Waals surface area contributed by atoms with Gasteiger partial charge in [-0.2, -0.15) is 0 Å². The first kappa shape index (κ1) is 21.2. The predicted molar refractivity (Wildman–Crippen MR) is 121 cm³/mol. The zero-order valence-electron chi connectivity index (χ0n) is 19.7. The minimum absolute atomic E-state index is 0.492. The molecule has 4 rings (SSSR count). The van der Waals surface area contributed by atoms with Crippen LogP contribution in [-0.2, 0) is 0 Å². The molecule has 4 saturated carbocycles. The molecule has 4 aliphatic rings. The number of hydrogen-bond donors (Lipinski definition) is 1. The highest BCUT2D eigenvalue weighted by molar-refractivity contribution is 5.09. The zero-order chi connectivity index (χ0) is 20.1. The maximum atomic E-state index is 6.39. The SMILES string of the molecule is CC(C)CCC[C@@H](C)[C@H]1CCC2C3CCC4C[C@H](N)CC[C@]4(C)C3CC[C@@]21C. The standard InChI is InChI=1S/C27H49N/c1-18(2)7-6-8-19(3)23-11-12-24-22-10-9-20-17-21(28)13-15-26(20,4)25(22)14-16-27(23,24)5/h18-25H,6-17,28H2,1-5H3/t19-,20?,21-,22?,23-,24?,25?,26+,27-/m1/s1. The van der Waals surface area contributed by atoms with Gasteiger partial charge >= 0.3 is 0 Å². The van der Waals surface area contributed by atoms with Gasteiger partial charge in [-0.3, -0.25) is 0 Å². The Kier molecular flexibility index (Phi) is 5.98. The predicted octanol–water partition coefficient (Wildman–Crippen LogP) is 7.44. The van der Waals surface area contributed by atoms with Crippen LogP contribution in [0.5, 0.6) is 0 Å². The van der Waals surface area contributed by atoms with Crippen molar-refractivity contribution in [2.75, 3.05) is 0 Å². The number of fused-ring (bicyclic) bond motifs is 5. The Morgan fingerprint density at radius 2 is 1.54 bits per heavy atom. The lowest BCUT2D eigenvalue weighted by Gasteiger charge is -2.61. The maximum Gasteiger partial charge on any atom is 0.00418 e. The van der Waals surface area contributed by atoms with Gasteiger partial charge in [-0.05, 0) is 110 Å². The molecule has 0 saturated heterocycles. The molecule has 2 N–H and O–H groups in total. The van der Waals surface area contributed by atoms with Crippen LogP contribution < -0.4 is 5.73 Å². The summed E-state index contributed by atoms with van der Waals surface area (Å²) in [7, 11) is 0. The lowest BCUT2D eigenvalue weighted by Crippen LogP contribution is -2.54. The van der Waals surface area contributed by atoms with Gasteiger partial charge in [-0.15, -0.1) is 0 Å². The topological polar surface area (TPSA) is 26.0 Å². The number of nitrogens with two attached hydrogens (primary N) is 1. The molecular weight excluding hydrogens is 338 g/mol. The molecule has 0 amide bonds. The first-order chi connectivity index (χ1) is 13.3. The minimum atomic E-state index is 0.492. The van der Waals surface area contributed by atoms with Crippen molar-refractivity contribution in [1.82, 2.24) is 0 Å². The lowest BCUT2D eigenvalue weighted by atomic mass is 9.44. The van der Waals surface area contributed by atoms with E-state index in [1.54, 1.807) is 0 Å². The molecule has 0 aliphatic heterocycles. The summed E-state index contributed by atoms with van der Waals surface area (Å²) in [6.07, 6.45) is 17.5. The number of hydrogen-bond acceptors (Lipinski definition) is 1. The molecule has 0 aromatic carbocycles. The molecule has 4 fully saturated rings. The van der Waals surface area contributed by atoms with Crippen molar-refractivity contribution in [3.63, 3.8) is 0 Å². The van der Waals surface area contributed by atoms with Crippen LogP contribution in [0.4, 0.5) is 0 Å². The van der Waals surface area contributed by atoms with Crippen molar-refractivity contribution in [3.8, 4) is 0 Å². The van der Waals surface area contributed by atoms with E-state index in [0.717, 1.165) is 41.4 Å². The summed E-state index contributed by atoms with van der Waals surface area (Å²) < 4.78 is 0.